The maximum atomic E-state index is 11.7. The zero-order valence-electron chi connectivity index (χ0n) is 11.4. The molecule has 0 saturated carbocycles. The van der Waals surface area contributed by atoms with Crippen molar-refractivity contribution < 1.29 is 0 Å². The van der Waals surface area contributed by atoms with E-state index in [-0.39, 0.29) is 5.56 Å². The second kappa shape index (κ2) is 5.86. The number of rotatable bonds is 3. The van der Waals surface area contributed by atoms with E-state index in [1.54, 1.807) is 17.1 Å². The molecule has 2 aromatic rings. The molecule has 5 heteroatoms. The van der Waals surface area contributed by atoms with E-state index in [1.165, 1.54) is 11.8 Å². The van der Waals surface area contributed by atoms with Gasteiger partial charge in [-0.2, -0.15) is 0 Å². The molecule has 0 unspecified atom stereocenters. The van der Waals surface area contributed by atoms with Crippen LogP contribution in [0.4, 0.5) is 5.69 Å². The molecule has 0 amide bonds. The van der Waals surface area contributed by atoms with Crippen LogP contribution in [-0.4, -0.2) is 27.6 Å². The van der Waals surface area contributed by atoms with Crippen molar-refractivity contribution in [3.8, 4) is 0 Å². The zero-order valence-corrected chi connectivity index (χ0v) is 11.4. The highest BCUT2D eigenvalue weighted by atomic mass is 16.1. The summed E-state index contributed by atoms with van der Waals surface area (Å²) in [6.07, 6.45) is 9.04. The molecule has 0 aromatic carbocycles. The third kappa shape index (κ3) is 2.87. The fourth-order valence-electron chi connectivity index (χ4n) is 2.72. The number of hydrogen-bond donors (Lipinski definition) is 0. The number of piperidine rings is 1. The molecule has 3 heterocycles. The van der Waals surface area contributed by atoms with Gasteiger partial charge in [0.2, 0.25) is 0 Å². The van der Waals surface area contributed by atoms with Gasteiger partial charge in [0.1, 0.15) is 0 Å². The van der Waals surface area contributed by atoms with Crippen LogP contribution < -0.4 is 10.5 Å². The molecule has 20 heavy (non-hydrogen) atoms. The molecule has 0 spiro atoms. The second-order valence-electron chi connectivity index (χ2n) is 5.21. The Bertz CT molecular complexity index is 603. The number of hydrogen-bond acceptors (Lipinski definition) is 4. The zero-order chi connectivity index (χ0) is 13.8. The highest BCUT2D eigenvalue weighted by Gasteiger charge is 2.19. The van der Waals surface area contributed by atoms with Crippen molar-refractivity contribution in [3.63, 3.8) is 0 Å². The van der Waals surface area contributed by atoms with Crippen LogP contribution in [0.25, 0.3) is 0 Å². The molecule has 0 bridgehead atoms. The van der Waals surface area contributed by atoms with Crippen LogP contribution in [0.2, 0.25) is 0 Å². The average Bonchev–Trinajstić information content (AvgIpc) is 2.51. The molecule has 1 aliphatic heterocycles. The lowest BCUT2D eigenvalue weighted by Crippen LogP contribution is -2.36. The molecule has 2 aromatic heterocycles. The maximum absolute atomic E-state index is 11.7. The van der Waals surface area contributed by atoms with E-state index in [0.29, 0.717) is 5.92 Å². The Hall–Kier alpha value is -2.17. The van der Waals surface area contributed by atoms with Gasteiger partial charge in [-0.1, -0.05) is 0 Å². The Labute approximate surface area is 117 Å². The largest absolute Gasteiger partial charge is 0.371 e. The van der Waals surface area contributed by atoms with Gasteiger partial charge in [0.25, 0.3) is 5.56 Å². The summed E-state index contributed by atoms with van der Waals surface area (Å²) in [5, 5.41) is 0. The summed E-state index contributed by atoms with van der Waals surface area (Å²) in [7, 11) is 0. The minimum absolute atomic E-state index is 0.0385. The fourth-order valence-corrected chi connectivity index (χ4v) is 2.72. The molecule has 1 aliphatic rings. The van der Waals surface area contributed by atoms with Gasteiger partial charge in [-0.05, 0) is 30.9 Å². The van der Waals surface area contributed by atoms with Crippen molar-refractivity contribution in [2.75, 3.05) is 18.0 Å². The van der Waals surface area contributed by atoms with Gasteiger partial charge in [0.05, 0.1) is 6.33 Å². The predicted molar refractivity (Wildman–Crippen MR) is 77.7 cm³/mol. The Kier molecular flexibility index (Phi) is 3.76. The molecular formula is C15H18N4O. The first-order chi connectivity index (χ1) is 9.83. The first-order valence-corrected chi connectivity index (χ1v) is 6.98. The van der Waals surface area contributed by atoms with Gasteiger partial charge >= 0.3 is 0 Å². The molecule has 1 saturated heterocycles. The van der Waals surface area contributed by atoms with Crippen LogP contribution in [0.3, 0.4) is 0 Å². The van der Waals surface area contributed by atoms with E-state index < -0.39 is 0 Å². The highest BCUT2D eigenvalue weighted by molar-refractivity contribution is 5.44. The number of nitrogens with zero attached hydrogens (tertiary/aromatic N) is 4. The van der Waals surface area contributed by atoms with E-state index in [1.807, 2.05) is 24.5 Å². The second-order valence-corrected chi connectivity index (χ2v) is 5.21. The third-order valence-corrected chi connectivity index (χ3v) is 3.89. The molecule has 0 atom stereocenters. The summed E-state index contributed by atoms with van der Waals surface area (Å²) in [4.78, 5) is 22.1. The molecule has 5 nitrogen and oxygen atoms in total. The maximum Gasteiger partial charge on any atom is 0.253 e. The fraction of sp³-hybridized carbons (Fsp3) is 0.400. The van der Waals surface area contributed by atoms with Crippen molar-refractivity contribution in [2.45, 2.75) is 19.4 Å². The third-order valence-electron chi connectivity index (χ3n) is 3.89. The van der Waals surface area contributed by atoms with Crippen molar-refractivity contribution in [3.05, 3.63) is 53.5 Å². The van der Waals surface area contributed by atoms with Crippen molar-refractivity contribution in [2.24, 2.45) is 5.92 Å². The molecular weight excluding hydrogens is 252 g/mol. The number of pyridine rings is 1. The van der Waals surface area contributed by atoms with Crippen LogP contribution in [0.15, 0.2) is 47.9 Å². The first-order valence-electron chi connectivity index (χ1n) is 6.98. The lowest BCUT2D eigenvalue weighted by atomic mass is 9.96. The van der Waals surface area contributed by atoms with Crippen LogP contribution in [0, 0.1) is 5.92 Å². The molecule has 0 N–H and O–H groups in total. The Morgan fingerprint density at radius 1 is 1.05 bits per heavy atom. The van der Waals surface area contributed by atoms with Crippen LogP contribution in [0.1, 0.15) is 12.8 Å². The highest BCUT2D eigenvalue weighted by Crippen LogP contribution is 2.23. The number of anilines is 1. The van der Waals surface area contributed by atoms with E-state index in [9.17, 15) is 4.79 Å². The van der Waals surface area contributed by atoms with Gasteiger partial charge in [-0.25, -0.2) is 4.98 Å². The molecule has 0 aliphatic carbocycles. The lowest BCUT2D eigenvalue weighted by molar-refractivity contribution is 0.351. The smallest absolute Gasteiger partial charge is 0.253 e. The van der Waals surface area contributed by atoms with Gasteiger partial charge in [-0.3, -0.25) is 14.3 Å². The summed E-state index contributed by atoms with van der Waals surface area (Å²) in [5.74, 6) is 0.551. The van der Waals surface area contributed by atoms with E-state index in [2.05, 4.69) is 14.9 Å². The Balaban J connectivity index is 1.59. The van der Waals surface area contributed by atoms with E-state index in [0.717, 1.165) is 32.5 Å². The minimum atomic E-state index is 0.0385. The quantitative estimate of drug-likeness (QED) is 0.849. The SMILES string of the molecule is O=c1ccncn1CC1CCN(c2ccncc2)CC1. The van der Waals surface area contributed by atoms with Crippen molar-refractivity contribution >= 4 is 5.69 Å². The summed E-state index contributed by atoms with van der Waals surface area (Å²) in [6.45, 7) is 2.84. The van der Waals surface area contributed by atoms with Gasteiger partial charge in [-0.15, -0.1) is 0 Å². The average molecular weight is 270 g/mol. The topological polar surface area (TPSA) is 51.0 Å². The van der Waals surface area contributed by atoms with Crippen LogP contribution >= 0.6 is 0 Å². The van der Waals surface area contributed by atoms with Crippen molar-refractivity contribution in [1.82, 2.24) is 14.5 Å². The summed E-state index contributed by atoms with van der Waals surface area (Å²) < 4.78 is 1.72. The van der Waals surface area contributed by atoms with Gasteiger partial charge in [0.15, 0.2) is 0 Å². The molecule has 104 valence electrons. The van der Waals surface area contributed by atoms with Gasteiger partial charge < -0.3 is 4.90 Å². The molecule has 1 fully saturated rings. The summed E-state index contributed by atoms with van der Waals surface area (Å²) >= 11 is 0. The summed E-state index contributed by atoms with van der Waals surface area (Å²) in [6, 6.07) is 5.62. The van der Waals surface area contributed by atoms with E-state index >= 15 is 0 Å². The predicted octanol–water partition coefficient (Wildman–Crippen LogP) is 1.55. The number of aromatic nitrogens is 3. The van der Waals surface area contributed by atoms with Gasteiger partial charge in [0, 0.05) is 50.0 Å². The summed E-state index contributed by atoms with van der Waals surface area (Å²) in [5.41, 5.74) is 1.27. The van der Waals surface area contributed by atoms with E-state index in [4.69, 9.17) is 0 Å². The van der Waals surface area contributed by atoms with Crippen LogP contribution in [0.5, 0.6) is 0 Å². The lowest BCUT2D eigenvalue weighted by Gasteiger charge is -2.33. The standard InChI is InChI=1S/C15H18N4O/c20-15-3-8-17-12-19(15)11-13-4-9-18(10-5-13)14-1-6-16-7-2-14/h1-3,6-8,12-13H,4-5,9-11H2. The Morgan fingerprint density at radius 3 is 2.45 bits per heavy atom. The normalized spacial score (nSPS) is 16.3. The molecule has 3 rings (SSSR count). The monoisotopic (exact) mass is 270 g/mol. The molecule has 0 radical (unpaired) electrons. The van der Waals surface area contributed by atoms with Crippen LogP contribution in [-0.2, 0) is 6.54 Å². The minimum Gasteiger partial charge on any atom is -0.371 e. The first kappa shape index (κ1) is 12.8. The van der Waals surface area contributed by atoms with Crippen molar-refractivity contribution in [1.29, 1.82) is 0 Å². The Morgan fingerprint density at radius 2 is 1.75 bits per heavy atom.